The largest absolute Gasteiger partial charge is 0.486 e. The Morgan fingerprint density at radius 2 is 2.00 bits per heavy atom. The van der Waals surface area contributed by atoms with Crippen LogP contribution in [-0.4, -0.2) is 15.8 Å². The lowest BCUT2D eigenvalue weighted by atomic mass is 10.2. The number of ether oxygens (including phenoxy) is 1. The lowest BCUT2D eigenvalue weighted by Crippen LogP contribution is -2.07. The molecule has 1 aromatic carbocycles. The molecule has 0 saturated heterocycles. The van der Waals surface area contributed by atoms with Crippen molar-refractivity contribution in [2.75, 3.05) is 0 Å². The molecule has 0 N–H and O–H groups in total. The van der Waals surface area contributed by atoms with E-state index in [1.807, 2.05) is 30.3 Å². The molecule has 4 heteroatoms. The molecule has 0 atom stereocenters. The summed E-state index contributed by atoms with van der Waals surface area (Å²) in [5.41, 5.74) is 1.24. The van der Waals surface area contributed by atoms with Gasteiger partial charge in [-0.05, 0) is 26.0 Å². The van der Waals surface area contributed by atoms with E-state index < -0.39 is 0 Å². The van der Waals surface area contributed by atoms with Gasteiger partial charge in [-0.2, -0.15) is 0 Å². The fourth-order valence-corrected chi connectivity index (χ4v) is 1.59. The van der Waals surface area contributed by atoms with Crippen LogP contribution in [0.4, 0.5) is 0 Å². The summed E-state index contributed by atoms with van der Waals surface area (Å²) in [7, 11) is 0. The van der Waals surface area contributed by atoms with Crippen molar-refractivity contribution < 1.29 is 9.53 Å². The first kappa shape index (κ1) is 12.2. The summed E-state index contributed by atoms with van der Waals surface area (Å²) < 4.78 is 5.54. The molecule has 0 aliphatic rings. The van der Waals surface area contributed by atoms with Crippen LogP contribution in [0.3, 0.4) is 0 Å². The topological polar surface area (TPSA) is 52.1 Å². The zero-order valence-corrected chi connectivity index (χ0v) is 10.4. The molecule has 1 aromatic heterocycles. The standard InChI is InChI=1S/C14H14N2O2/c1-10-13(11(2)17)8-15-14(16-10)9-18-12-6-4-3-5-7-12/h3-8H,9H2,1-2H3. The summed E-state index contributed by atoms with van der Waals surface area (Å²) in [5, 5.41) is 0. The number of carbonyl (C=O) groups is 1. The normalized spacial score (nSPS) is 10.1. The molecule has 0 unspecified atom stereocenters. The molecular weight excluding hydrogens is 228 g/mol. The highest BCUT2D eigenvalue weighted by Crippen LogP contribution is 2.11. The van der Waals surface area contributed by atoms with Crippen molar-refractivity contribution in [2.45, 2.75) is 20.5 Å². The van der Waals surface area contributed by atoms with Gasteiger partial charge in [0.05, 0.1) is 11.3 Å². The van der Waals surface area contributed by atoms with E-state index in [-0.39, 0.29) is 5.78 Å². The first-order valence-corrected chi connectivity index (χ1v) is 5.68. The number of rotatable bonds is 4. The van der Waals surface area contributed by atoms with Crippen molar-refractivity contribution in [3.05, 3.63) is 53.6 Å². The Kier molecular flexibility index (Phi) is 3.67. The summed E-state index contributed by atoms with van der Waals surface area (Å²) >= 11 is 0. The van der Waals surface area contributed by atoms with Crippen molar-refractivity contribution in [2.24, 2.45) is 0 Å². The van der Waals surface area contributed by atoms with Crippen molar-refractivity contribution in [1.29, 1.82) is 0 Å². The third-order valence-corrected chi connectivity index (χ3v) is 2.52. The van der Waals surface area contributed by atoms with Gasteiger partial charge in [0, 0.05) is 6.20 Å². The summed E-state index contributed by atoms with van der Waals surface area (Å²) in [6.07, 6.45) is 1.55. The van der Waals surface area contributed by atoms with Crippen LogP contribution < -0.4 is 4.74 Å². The third-order valence-electron chi connectivity index (χ3n) is 2.52. The van der Waals surface area contributed by atoms with Crippen molar-refractivity contribution in [3.8, 4) is 5.75 Å². The van der Waals surface area contributed by atoms with Gasteiger partial charge in [0.25, 0.3) is 0 Å². The predicted molar refractivity (Wildman–Crippen MR) is 67.5 cm³/mol. The van der Waals surface area contributed by atoms with Crippen LogP contribution in [-0.2, 0) is 6.61 Å². The second kappa shape index (κ2) is 5.40. The molecular formula is C14H14N2O2. The van der Waals surface area contributed by atoms with Gasteiger partial charge in [0.1, 0.15) is 12.4 Å². The van der Waals surface area contributed by atoms with E-state index in [9.17, 15) is 4.79 Å². The van der Waals surface area contributed by atoms with Gasteiger partial charge in [-0.15, -0.1) is 0 Å². The number of hydrogen-bond acceptors (Lipinski definition) is 4. The summed E-state index contributed by atoms with van der Waals surface area (Å²) in [4.78, 5) is 19.6. The number of ketones is 1. The van der Waals surface area contributed by atoms with Gasteiger partial charge >= 0.3 is 0 Å². The van der Waals surface area contributed by atoms with Gasteiger partial charge < -0.3 is 4.74 Å². The predicted octanol–water partition coefficient (Wildman–Crippen LogP) is 2.57. The molecule has 4 nitrogen and oxygen atoms in total. The summed E-state index contributed by atoms with van der Waals surface area (Å²) in [5.74, 6) is 1.32. The van der Waals surface area contributed by atoms with E-state index >= 15 is 0 Å². The van der Waals surface area contributed by atoms with Crippen LogP contribution in [0, 0.1) is 6.92 Å². The van der Waals surface area contributed by atoms with E-state index in [0.717, 1.165) is 5.75 Å². The number of hydrogen-bond donors (Lipinski definition) is 0. The molecule has 0 spiro atoms. The minimum Gasteiger partial charge on any atom is -0.486 e. The molecule has 2 aromatic rings. The zero-order chi connectivity index (χ0) is 13.0. The number of benzene rings is 1. The molecule has 0 aliphatic heterocycles. The molecule has 0 amide bonds. The smallest absolute Gasteiger partial charge is 0.166 e. The van der Waals surface area contributed by atoms with Crippen LogP contribution >= 0.6 is 0 Å². The van der Waals surface area contributed by atoms with Gasteiger partial charge in [0.2, 0.25) is 0 Å². The minimum atomic E-state index is -0.0250. The van der Waals surface area contributed by atoms with Crippen molar-refractivity contribution in [1.82, 2.24) is 9.97 Å². The molecule has 0 aliphatic carbocycles. The van der Waals surface area contributed by atoms with Gasteiger partial charge in [0.15, 0.2) is 11.6 Å². The Morgan fingerprint density at radius 1 is 1.28 bits per heavy atom. The van der Waals surface area contributed by atoms with Crippen molar-refractivity contribution >= 4 is 5.78 Å². The monoisotopic (exact) mass is 242 g/mol. The molecule has 0 radical (unpaired) electrons. The SMILES string of the molecule is CC(=O)c1cnc(COc2ccccc2)nc1C. The van der Waals surface area contributed by atoms with Gasteiger partial charge in [-0.3, -0.25) is 4.79 Å². The van der Waals surface area contributed by atoms with E-state index in [2.05, 4.69) is 9.97 Å². The number of nitrogens with zero attached hydrogens (tertiary/aromatic N) is 2. The summed E-state index contributed by atoms with van der Waals surface area (Å²) in [6, 6.07) is 9.48. The number of aryl methyl sites for hydroxylation is 1. The zero-order valence-electron chi connectivity index (χ0n) is 10.4. The highest BCUT2D eigenvalue weighted by atomic mass is 16.5. The average Bonchev–Trinajstić information content (AvgIpc) is 2.37. The number of Topliss-reactive ketones (excluding diaryl/α,β-unsaturated/α-hetero) is 1. The quantitative estimate of drug-likeness (QED) is 0.773. The van der Waals surface area contributed by atoms with Gasteiger partial charge in [-0.25, -0.2) is 9.97 Å². The first-order chi connectivity index (χ1) is 8.66. The minimum absolute atomic E-state index is 0.0250. The Morgan fingerprint density at radius 3 is 2.61 bits per heavy atom. The van der Waals surface area contributed by atoms with Crippen LogP contribution in [0.2, 0.25) is 0 Å². The van der Waals surface area contributed by atoms with E-state index in [0.29, 0.717) is 23.7 Å². The van der Waals surface area contributed by atoms with Crippen LogP contribution in [0.15, 0.2) is 36.5 Å². The maximum Gasteiger partial charge on any atom is 0.166 e. The summed E-state index contributed by atoms with van der Waals surface area (Å²) in [6.45, 7) is 3.60. The number of para-hydroxylation sites is 1. The van der Waals surface area contributed by atoms with E-state index in [4.69, 9.17) is 4.74 Å². The fourth-order valence-electron chi connectivity index (χ4n) is 1.59. The number of aromatic nitrogens is 2. The Labute approximate surface area is 106 Å². The average molecular weight is 242 g/mol. The van der Waals surface area contributed by atoms with Crippen LogP contribution in [0.25, 0.3) is 0 Å². The van der Waals surface area contributed by atoms with E-state index in [1.54, 1.807) is 13.1 Å². The molecule has 0 fully saturated rings. The number of carbonyl (C=O) groups excluding carboxylic acids is 1. The molecule has 2 rings (SSSR count). The highest BCUT2D eigenvalue weighted by molar-refractivity contribution is 5.94. The molecule has 92 valence electrons. The molecule has 18 heavy (non-hydrogen) atoms. The Hall–Kier alpha value is -2.23. The third kappa shape index (κ3) is 2.91. The molecule has 0 saturated carbocycles. The van der Waals surface area contributed by atoms with Gasteiger partial charge in [-0.1, -0.05) is 18.2 Å². The van der Waals surface area contributed by atoms with Crippen LogP contribution in [0.1, 0.15) is 28.8 Å². The Bertz CT molecular complexity index is 553. The Balaban J connectivity index is 2.07. The second-order valence-electron chi connectivity index (χ2n) is 3.94. The highest BCUT2D eigenvalue weighted by Gasteiger charge is 2.07. The molecule has 1 heterocycles. The maximum atomic E-state index is 11.2. The van der Waals surface area contributed by atoms with Crippen LogP contribution in [0.5, 0.6) is 5.75 Å². The lowest BCUT2D eigenvalue weighted by Gasteiger charge is -2.06. The van der Waals surface area contributed by atoms with E-state index in [1.165, 1.54) is 6.92 Å². The fraction of sp³-hybridized carbons (Fsp3) is 0.214. The first-order valence-electron chi connectivity index (χ1n) is 5.68. The maximum absolute atomic E-state index is 11.2. The van der Waals surface area contributed by atoms with Crippen molar-refractivity contribution in [3.63, 3.8) is 0 Å². The molecule has 0 bridgehead atoms. The lowest BCUT2D eigenvalue weighted by molar-refractivity contribution is 0.101. The second-order valence-corrected chi connectivity index (χ2v) is 3.94.